The van der Waals surface area contributed by atoms with E-state index in [1.165, 1.54) is 0 Å². The van der Waals surface area contributed by atoms with E-state index in [-0.39, 0.29) is 52.1 Å². The molecule has 10 aliphatic carbocycles. The van der Waals surface area contributed by atoms with E-state index in [1.54, 1.807) is 40.0 Å². The van der Waals surface area contributed by atoms with E-state index in [2.05, 4.69) is 36.6 Å². The third kappa shape index (κ3) is 10.7. The molecule has 10 aliphatic rings. The second-order valence-corrected chi connectivity index (χ2v) is 25.1. The predicted octanol–water partition coefficient (Wildman–Crippen LogP) is 6.91. The maximum Gasteiger partial charge on any atom is 1.00 e. The van der Waals surface area contributed by atoms with Gasteiger partial charge in [0.25, 0.3) is 0 Å². The number of hydrogen-bond acceptors (Lipinski definition) is 9. The minimum Gasteiger partial charge on any atom is -0.481 e. The summed E-state index contributed by atoms with van der Waals surface area (Å²) >= 11 is 28.6. The SMILES string of the molecule is C1C23CC12C3.CC(C)(C)OC(=O)C(=O)Cl.CC(C)(C)OC(=O)C12CC(C(=O)Cl)(C1)C2.CC(C)(C)OC(=O)C12CC(C(=O)O)(C1)C2.ClCC1(CCl)CC1(Br)Br.[CH3-].[Li+]. The Morgan fingerprint density at radius 2 is 0.857 bits per heavy atom. The molecule has 0 aromatic carbocycles. The number of carboxylic acids is 1. The van der Waals surface area contributed by atoms with Gasteiger partial charge in [-0.05, 0) is 161 Å². The van der Waals surface area contributed by atoms with Gasteiger partial charge in [0.2, 0.25) is 5.24 Å². The number of rotatable bonds is 7. The van der Waals surface area contributed by atoms with E-state index in [0.29, 0.717) is 50.3 Å². The van der Waals surface area contributed by atoms with Gasteiger partial charge in [0.05, 0.1) is 19.5 Å². The fourth-order valence-electron chi connectivity index (χ4n) is 7.90. The average molecular weight is 992 g/mol. The second kappa shape index (κ2) is 16.3. The summed E-state index contributed by atoms with van der Waals surface area (Å²) in [5.74, 6) is -0.935. The molecule has 1 N–H and O–H groups in total. The van der Waals surface area contributed by atoms with Crippen LogP contribution < -0.4 is 18.9 Å². The number of halogens is 6. The number of alkyl halides is 4. The van der Waals surface area contributed by atoms with Crippen molar-refractivity contribution < 1.29 is 66.9 Å². The molecular formula is C39H55Br2Cl4LiO10. The Kier molecular flexibility index (Phi) is 15.2. The van der Waals surface area contributed by atoms with Gasteiger partial charge in [-0.1, -0.05) is 31.9 Å². The summed E-state index contributed by atoms with van der Waals surface area (Å²) in [6.45, 7) is 16.0. The smallest absolute Gasteiger partial charge is 0.481 e. The largest absolute Gasteiger partial charge is 1.00 e. The minimum atomic E-state index is -1.09. The van der Waals surface area contributed by atoms with Crippen molar-refractivity contribution in [2.24, 2.45) is 37.9 Å². The first-order valence-electron chi connectivity index (χ1n) is 18.0. The standard InChI is InChI=1S/C11H15ClO3.C11H16O4.C6H9ClO3.C5H6Br2Cl2.C5H6.CH3.Li/c2*1-9(2,3)15-8(14)11-4-10(5-11,6-11)7(12)13;1-6(2,3)10-5(9)4(7)8;6-5(7)1-4(5,2-8)3-9;1-4-2-5(1,4)3-4;;/h4-6H2,1-3H3;4-6H2,1-3H3,(H,12,13);1-3H3;1-3H2;1-3H2;1H3;/q;;;;;-1;+1. The normalized spacial score (nSPS) is 34.7. The summed E-state index contributed by atoms with van der Waals surface area (Å²) in [6, 6.07) is 0. The van der Waals surface area contributed by atoms with Crippen molar-refractivity contribution in [3.05, 3.63) is 7.43 Å². The Morgan fingerprint density at radius 3 is 1.00 bits per heavy atom. The van der Waals surface area contributed by atoms with Crippen LogP contribution in [0.5, 0.6) is 0 Å². The maximum atomic E-state index is 11.8. The first-order valence-corrected chi connectivity index (χ1v) is 21.4. The third-order valence-electron chi connectivity index (χ3n) is 11.7. The van der Waals surface area contributed by atoms with Crippen molar-refractivity contribution in [2.45, 2.75) is 147 Å². The van der Waals surface area contributed by atoms with E-state index < -0.39 is 55.6 Å². The molecule has 10 fully saturated rings. The molecule has 10 nitrogen and oxygen atoms in total. The van der Waals surface area contributed by atoms with Gasteiger partial charge in [-0.2, -0.15) is 0 Å². The fourth-order valence-corrected chi connectivity index (χ4v) is 11.3. The van der Waals surface area contributed by atoms with Gasteiger partial charge in [0, 0.05) is 22.6 Å². The number of esters is 3. The van der Waals surface area contributed by atoms with E-state index in [4.69, 9.17) is 61.0 Å². The van der Waals surface area contributed by atoms with Crippen molar-refractivity contribution in [3.63, 3.8) is 0 Å². The van der Waals surface area contributed by atoms with Crippen molar-refractivity contribution in [2.75, 3.05) is 11.8 Å². The van der Waals surface area contributed by atoms with Gasteiger partial charge >= 0.3 is 48.0 Å². The van der Waals surface area contributed by atoms with Crippen LogP contribution in [-0.2, 0) is 43.0 Å². The molecule has 0 aromatic heterocycles. The molecule has 314 valence electrons. The van der Waals surface area contributed by atoms with Crippen LogP contribution in [0.4, 0.5) is 0 Å². The molecule has 56 heavy (non-hydrogen) atoms. The minimum absolute atomic E-state index is 0. The van der Waals surface area contributed by atoms with Crippen LogP contribution in [0.1, 0.15) is 127 Å². The molecule has 0 radical (unpaired) electrons. The van der Waals surface area contributed by atoms with Gasteiger partial charge < -0.3 is 26.7 Å². The summed E-state index contributed by atoms with van der Waals surface area (Å²) in [5.41, 5.74) is -1.22. The first kappa shape index (κ1) is 52.1. The number of hydrogen-bond donors (Lipinski definition) is 1. The number of ether oxygens (including phenoxy) is 3. The van der Waals surface area contributed by atoms with Crippen LogP contribution in [0.2, 0.25) is 0 Å². The summed E-state index contributed by atoms with van der Waals surface area (Å²) in [5, 5.41) is 7.52. The second-order valence-electron chi connectivity index (χ2n) is 20.1. The van der Waals surface area contributed by atoms with Crippen molar-refractivity contribution >= 4 is 113 Å². The molecule has 4 bridgehead atoms. The molecular weight excluding hydrogens is 937 g/mol. The van der Waals surface area contributed by atoms with Crippen LogP contribution in [-0.4, -0.2) is 71.3 Å². The molecule has 0 aliphatic heterocycles. The molecule has 17 heteroatoms. The van der Waals surface area contributed by atoms with Gasteiger partial charge in [-0.25, -0.2) is 4.79 Å². The zero-order valence-electron chi connectivity index (χ0n) is 34.4. The maximum absolute atomic E-state index is 11.8. The Balaban J connectivity index is 0.000000248. The van der Waals surface area contributed by atoms with Gasteiger partial charge in [-0.15, -0.1) is 23.2 Å². The number of carboxylic acid groups (broad SMARTS) is 1. The van der Waals surface area contributed by atoms with Gasteiger partial charge in [0.1, 0.15) is 16.8 Å². The predicted molar refractivity (Wildman–Crippen MR) is 219 cm³/mol. The molecule has 0 amide bonds. The number of carbonyl (C=O) groups excluding carboxylic acids is 5. The molecule has 0 aromatic rings. The summed E-state index contributed by atoms with van der Waals surface area (Å²) in [4.78, 5) is 66.0. The first-order chi connectivity index (χ1) is 24.2. The zero-order chi connectivity index (χ0) is 41.6. The molecule has 0 atom stereocenters. The fraction of sp³-hybridized carbons (Fsp3) is 0.821. The quantitative estimate of drug-likeness (QED) is 0.0543. The van der Waals surface area contributed by atoms with Crippen molar-refractivity contribution in [3.8, 4) is 0 Å². The molecule has 10 saturated carbocycles. The van der Waals surface area contributed by atoms with E-state index in [1.807, 2.05) is 41.5 Å². The Bertz CT molecular complexity index is 1470. The topological polar surface area (TPSA) is 150 Å². The molecule has 0 spiro atoms. The monoisotopic (exact) mass is 988 g/mol. The number of carbonyl (C=O) groups is 6. The Labute approximate surface area is 380 Å². The average Bonchev–Trinajstić information content (AvgIpc) is 3.75. The molecule has 0 heterocycles. The Morgan fingerprint density at radius 1 is 0.571 bits per heavy atom. The molecule has 0 saturated heterocycles. The van der Waals surface area contributed by atoms with E-state index >= 15 is 0 Å². The number of aliphatic carboxylic acids is 1. The van der Waals surface area contributed by atoms with Crippen LogP contribution in [0.25, 0.3) is 0 Å². The zero-order valence-corrected chi connectivity index (χ0v) is 40.6. The summed E-state index contributed by atoms with van der Waals surface area (Å²) in [6.07, 6.45) is 9.03. The molecule has 10 rings (SSSR count). The molecule has 0 unspecified atom stereocenters. The van der Waals surface area contributed by atoms with Crippen LogP contribution >= 0.6 is 78.3 Å². The van der Waals surface area contributed by atoms with Crippen LogP contribution in [0, 0.1) is 45.3 Å². The van der Waals surface area contributed by atoms with Crippen LogP contribution in [0.3, 0.4) is 0 Å². The van der Waals surface area contributed by atoms with Gasteiger partial charge in [-0.3, -0.25) is 24.0 Å². The Hall–Kier alpha value is -0.0626. The van der Waals surface area contributed by atoms with Gasteiger partial charge in [0.15, 0.2) is 0 Å². The summed E-state index contributed by atoms with van der Waals surface area (Å²) < 4.78 is 15.2. The van der Waals surface area contributed by atoms with Crippen molar-refractivity contribution in [1.82, 2.24) is 0 Å². The van der Waals surface area contributed by atoms with Crippen molar-refractivity contribution in [1.29, 1.82) is 0 Å². The van der Waals surface area contributed by atoms with E-state index in [0.717, 1.165) is 17.3 Å². The van der Waals surface area contributed by atoms with E-state index in [9.17, 15) is 28.8 Å². The third-order valence-corrected chi connectivity index (χ3v) is 15.5. The van der Waals surface area contributed by atoms with Crippen LogP contribution in [0.15, 0.2) is 0 Å². The summed E-state index contributed by atoms with van der Waals surface area (Å²) in [7, 11) is 0.